The lowest BCUT2D eigenvalue weighted by molar-refractivity contribution is -0.108. The van der Waals surface area contributed by atoms with E-state index in [1.807, 2.05) is 12.1 Å². The highest BCUT2D eigenvalue weighted by molar-refractivity contribution is 5.64. The van der Waals surface area contributed by atoms with E-state index >= 15 is 0 Å². The predicted octanol–water partition coefficient (Wildman–Crippen LogP) is 5.12. The molecule has 132 valence electrons. The van der Waals surface area contributed by atoms with Gasteiger partial charge in [-0.25, -0.2) is 14.2 Å². The van der Waals surface area contributed by atoms with E-state index < -0.39 is 5.82 Å². The van der Waals surface area contributed by atoms with Crippen molar-refractivity contribution in [2.24, 2.45) is 5.92 Å². The van der Waals surface area contributed by atoms with Crippen LogP contribution in [0.5, 0.6) is 5.88 Å². The number of benzene rings is 1. The molecule has 0 N–H and O–H groups in total. The maximum Gasteiger partial charge on any atom is 0.214 e. The fourth-order valence-electron chi connectivity index (χ4n) is 3.02. The summed E-state index contributed by atoms with van der Waals surface area (Å²) in [6.45, 7) is 6.96. The molecule has 0 saturated carbocycles. The largest absolute Gasteiger partial charge is 0.473 e. The smallest absolute Gasteiger partial charge is 0.214 e. The molecule has 1 aromatic carbocycles. The molecule has 0 aliphatic heterocycles. The number of nitrogens with zero attached hydrogens (tertiary/aromatic N) is 2. The summed E-state index contributed by atoms with van der Waals surface area (Å²) in [4.78, 5) is 18.3. The normalized spacial score (nSPS) is 16.5. The molecule has 0 spiro atoms. The molecular weight excluding hydrogens is 331 g/mol. The SMILES string of the molecule is [C-]#[N+]c1ccc(COc2cccc(C3=CCC(CC=O)CC3)n2)c(F)c1. The Bertz CT molecular complexity index is 871. The summed E-state index contributed by atoms with van der Waals surface area (Å²) in [5.74, 6) is 0.412. The van der Waals surface area contributed by atoms with Crippen molar-refractivity contribution in [2.75, 3.05) is 0 Å². The van der Waals surface area contributed by atoms with E-state index in [0.717, 1.165) is 36.8 Å². The number of carbonyl (C=O) groups is 1. The third-order valence-corrected chi connectivity index (χ3v) is 4.54. The van der Waals surface area contributed by atoms with Crippen LogP contribution in [0.25, 0.3) is 10.4 Å². The van der Waals surface area contributed by atoms with Crippen LogP contribution >= 0.6 is 0 Å². The maximum atomic E-state index is 13.9. The average Bonchev–Trinajstić information content (AvgIpc) is 2.68. The van der Waals surface area contributed by atoms with Gasteiger partial charge in [0.15, 0.2) is 5.69 Å². The van der Waals surface area contributed by atoms with Crippen molar-refractivity contribution >= 4 is 17.5 Å². The van der Waals surface area contributed by atoms with Crippen LogP contribution in [-0.4, -0.2) is 11.3 Å². The van der Waals surface area contributed by atoms with Crippen LogP contribution in [0.1, 0.15) is 36.9 Å². The van der Waals surface area contributed by atoms with Gasteiger partial charge in [-0.05, 0) is 42.9 Å². The minimum absolute atomic E-state index is 0.0566. The number of hydrogen-bond acceptors (Lipinski definition) is 3. The molecule has 0 saturated heterocycles. The van der Waals surface area contributed by atoms with E-state index in [0.29, 0.717) is 23.8 Å². The second kappa shape index (κ2) is 8.39. The van der Waals surface area contributed by atoms with Crippen LogP contribution in [-0.2, 0) is 11.4 Å². The first kappa shape index (κ1) is 17.8. The summed E-state index contributed by atoms with van der Waals surface area (Å²) in [6.07, 6.45) is 6.50. The van der Waals surface area contributed by atoms with Crippen LogP contribution < -0.4 is 4.74 Å². The highest BCUT2D eigenvalue weighted by Gasteiger charge is 2.16. The molecule has 1 atom stereocenters. The third kappa shape index (κ3) is 4.34. The molecule has 0 radical (unpaired) electrons. The number of hydrogen-bond donors (Lipinski definition) is 0. The molecule has 0 fully saturated rings. The first-order valence-electron chi connectivity index (χ1n) is 8.58. The fourth-order valence-corrected chi connectivity index (χ4v) is 3.02. The molecule has 4 nitrogen and oxygen atoms in total. The molecule has 0 amide bonds. The Morgan fingerprint density at radius 3 is 2.92 bits per heavy atom. The van der Waals surface area contributed by atoms with Crippen molar-refractivity contribution in [1.82, 2.24) is 4.98 Å². The Hall–Kier alpha value is -3.00. The van der Waals surface area contributed by atoms with E-state index in [1.54, 1.807) is 18.2 Å². The zero-order valence-electron chi connectivity index (χ0n) is 14.3. The molecule has 26 heavy (non-hydrogen) atoms. The van der Waals surface area contributed by atoms with Gasteiger partial charge in [0, 0.05) is 18.1 Å². The highest BCUT2D eigenvalue weighted by Crippen LogP contribution is 2.31. The number of halogens is 1. The van der Waals surface area contributed by atoms with Gasteiger partial charge < -0.3 is 9.53 Å². The van der Waals surface area contributed by atoms with Crippen molar-refractivity contribution in [2.45, 2.75) is 32.3 Å². The highest BCUT2D eigenvalue weighted by atomic mass is 19.1. The number of allylic oxidation sites excluding steroid dienone is 2. The summed E-state index contributed by atoms with van der Waals surface area (Å²) in [7, 11) is 0. The van der Waals surface area contributed by atoms with E-state index in [2.05, 4.69) is 15.9 Å². The first-order chi connectivity index (χ1) is 12.7. The van der Waals surface area contributed by atoms with Crippen molar-refractivity contribution in [1.29, 1.82) is 0 Å². The second-order valence-corrected chi connectivity index (χ2v) is 6.31. The summed E-state index contributed by atoms with van der Waals surface area (Å²) >= 11 is 0. The summed E-state index contributed by atoms with van der Waals surface area (Å²) in [5, 5.41) is 0. The molecule has 2 aromatic rings. The number of carbonyl (C=O) groups excluding carboxylic acids is 1. The molecule has 3 rings (SSSR count). The van der Waals surface area contributed by atoms with Gasteiger partial charge in [-0.1, -0.05) is 24.3 Å². The third-order valence-electron chi connectivity index (χ3n) is 4.54. The van der Waals surface area contributed by atoms with E-state index in [-0.39, 0.29) is 12.3 Å². The zero-order valence-corrected chi connectivity index (χ0v) is 14.3. The van der Waals surface area contributed by atoms with E-state index in [4.69, 9.17) is 11.3 Å². The molecule has 1 aliphatic carbocycles. The molecule has 0 bridgehead atoms. The number of ether oxygens (including phenoxy) is 1. The van der Waals surface area contributed by atoms with Gasteiger partial charge >= 0.3 is 0 Å². The van der Waals surface area contributed by atoms with Crippen LogP contribution in [0.4, 0.5) is 10.1 Å². The maximum absolute atomic E-state index is 13.9. The lowest BCUT2D eigenvalue weighted by Crippen LogP contribution is -2.07. The Balaban J connectivity index is 1.67. The fraction of sp³-hybridized carbons (Fsp3) is 0.286. The van der Waals surface area contributed by atoms with Crippen LogP contribution in [0.2, 0.25) is 0 Å². The lowest BCUT2D eigenvalue weighted by atomic mass is 9.86. The van der Waals surface area contributed by atoms with Crippen molar-refractivity contribution in [3.05, 3.63) is 71.0 Å². The molecule has 1 aromatic heterocycles. The predicted molar refractivity (Wildman–Crippen MR) is 97.2 cm³/mol. The second-order valence-electron chi connectivity index (χ2n) is 6.31. The lowest BCUT2D eigenvalue weighted by Gasteiger charge is -2.20. The topological polar surface area (TPSA) is 43.5 Å². The minimum Gasteiger partial charge on any atom is -0.473 e. The number of pyridine rings is 1. The monoisotopic (exact) mass is 350 g/mol. The Labute approximate surface area is 152 Å². The van der Waals surface area contributed by atoms with E-state index in [9.17, 15) is 9.18 Å². The van der Waals surface area contributed by atoms with Gasteiger partial charge in [0.2, 0.25) is 5.88 Å². The number of aldehydes is 1. The standard InChI is InChI=1S/C21H19FN2O2/c1-23-18-10-9-17(19(22)13-18)14-26-21-4-2-3-20(24-21)16-7-5-15(6-8-16)11-12-25/h2-4,7,9-10,12-13,15H,5-6,8,11,14H2. The van der Waals surface area contributed by atoms with Gasteiger partial charge in [0.1, 0.15) is 18.7 Å². The van der Waals surface area contributed by atoms with Crippen molar-refractivity contribution in [3.8, 4) is 5.88 Å². The molecule has 1 aliphatic rings. The van der Waals surface area contributed by atoms with Gasteiger partial charge in [0.05, 0.1) is 12.3 Å². The summed E-state index contributed by atoms with van der Waals surface area (Å²) in [6, 6.07) is 9.88. The van der Waals surface area contributed by atoms with Gasteiger partial charge in [0.25, 0.3) is 0 Å². The Kier molecular flexibility index (Phi) is 5.75. The molecule has 1 unspecified atom stereocenters. The number of rotatable bonds is 6. The Morgan fingerprint density at radius 1 is 1.35 bits per heavy atom. The Morgan fingerprint density at radius 2 is 2.23 bits per heavy atom. The summed E-state index contributed by atoms with van der Waals surface area (Å²) < 4.78 is 19.6. The van der Waals surface area contributed by atoms with Crippen LogP contribution in [0, 0.1) is 18.3 Å². The van der Waals surface area contributed by atoms with Crippen molar-refractivity contribution in [3.63, 3.8) is 0 Å². The molecular formula is C21H19FN2O2. The summed E-state index contributed by atoms with van der Waals surface area (Å²) in [5.41, 5.74) is 2.67. The molecule has 5 heteroatoms. The van der Waals surface area contributed by atoms with Crippen LogP contribution in [0.3, 0.4) is 0 Å². The average molecular weight is 350 g/mol. The quantitative estimate of drug-likeness (QED) is 0.536. The zero-order chi connectivity index (χ0) is 18.4. The molecule has 1 heterocycles. The van der Waals surface area contributed by atoms with E-state index in [1.165, 1.54) is 6.07 Å². The van der Waals surface area contributed by atoms with Gasteiger partial charge in [-0.15, -0.1) is 0 Å². The minimum atomic E-state index is -0.453. The van der Waals surface area contributed by atoms with Crippen molar-refractivity contribution < 1.29 is 13.9 Å². The van der Waals surface area contributed by atoms with Gasteiger partial charge in [-0.3, -0.25) is 0 Å². The number of aromatic nitrogens is 1. The first-order valence-corrected chi connectivity index (χ1v) is 8.58. The van der Waals surface area contributed by atoms with Crippen LogP contribution in [0.15, 0.2) is 42.5 Å². The van der Waals surface area contributed by atoms with Gasteiger partial charge in [-0.2, -0.15) is 0 Å².